The van der Waals surface area contributed by atoms with Crippen LogP contribution in [0.5, 0.6) is 0 Å². The summed E-state index contributed by atoms with van der Waals surface area (Å²) >= 11 is 0. The average molecular weight is 186 g/mol. The Morgan fingerprint density at radius 3 is 2.46 bits per heavy atom. The van der Waals surface area contributed by atoms with E-state index in [1.165, 1.54) is 6.42 Å². The van der Waals surface area contributed by atoms with Crippen LogP contribution in [0, 0.1) is 5.92 Å². The Morgan fingerprint density at radius 1 is 1.23 bits per heavy atom. The molecule has 0 aliphatic rings. The highest BCUT2D eigenvalue weighted by atomic mass is 16.5. The average Bonchev–Trinajstić information content (AvgIpc) is 2.12. The highest BCUT2D eigenvalue weighted by molar-refractivity contribution is 5.71. The first kappa shape index (κ1) is 12.5. The summed E-state index contributed by atoms with van der Waals surface area (Å²) in [5.74, 6) is 0.0459. The van der Waals surface area contributed by atoms with Gasteiger partial charge in [-0.25, -0.2) is 0 Å². The smallest absolute Gasteiger partial charge is 0.308 e. The molecule has 2 heteroatoms. The van der Waals surface area contributed by atoms with E-state index < -0.39 is 0 Å². The summed E-state index contributed by atoms with van der Waals surface area (Å²) in [4.78, 5) is 11.3. The molecule has 2 nitrogen and oxygen atoms in total. The lowest BCUT2D eigenvalue weighted by atomic mass is 10.1. The molecular formula is C11H22O2. The molecule has 1 atom stereocenters. The van der Waals surface area contributed by atoms with Gasteiger partial charge in [-0.3, -0.25) is 4.79 Å². The maximum absolute atomic E-state index is 11.3. The van der Waals surface area contributed by atoms with Crippen molar-refractivity contribution in [2.45, 2.75) is 52.9 Å². The standard InChI is InChI=1S/C11H22O2/c1-4-6-7-9-13-11(12)10(3)8-5-2/h10H,4-9H2,1-3H3/t10-/m1/s1. The van der Waals surface area contributed by atoms with Crippen molar-refractivity contribution in [2.24, 2.45) is 5.92 Å². The minimum absolute atomic E-state index is 0.0297. The van der Waals surface area contributed by atoms with Gasteiger partial charge in [-0.15, -0.1) is 0 Å². The Labute approximate surface area is 81.7 Å². The molecule has 0 bridgehead atoms. The first-order valence-corrected chi connectivity index (χ1v) is 5.39. The van der Waals surface area contributed by atoms with Crippen molar-refractivity contribution >= 4 is 5.97 Å². The van der Waals surface area contributed by atoms with Crippen LogP contribution in [0.2, 0.25) is 0 Å². The van der Waals surface area contributed by atoms with Crippen LogP contribution in [0.15, 0.2) is 0 Å². The Morgan fingerprint density at radius 2 is 1.92 bits per heavy atom. The third kappa shape index (κ3) is 6.62. The lowest BCUT2D eigenvalue weighted by Gasteiger charge is -2.09. The second-order valence-electron chi connectivity index (χ2n) is 3.56. The number of carbonyl (C=O) groups excluding carboxylic acids is 1. The Hall–Kier alpha value is -0.530. The molecule has 0 aliphatic heterocycles. The summed E-state index contributed by atoms with van der Waals surface area (Å²) in [6.45, 7) is 6.76. The normalized spacial score (nSPS) is 12.5. The molecule has 0 rings (SSSR count). The molecule has 0 spiro atoms. The zero-order chi connectivity index (χ0) is 10.1. The van der Waals surface area contributed by atoms with Crippen molar-refractivity contribution in [3.63, 3.8) is 0 Å². The molecule has 0 amide bonds. The minimum Gasteiger partial charge on any atom is -0.465 e. The largest absolute Gasteiger partial charge is 0.465 e. The third-order valence-electron chi connectivity index (χ3n) is 2.12. The highest BCUT2D eigenvalue weighted by Crippen LogP contribution is 2.07. The van der Waals surface area contributed by atoms with E-state index in [0.717, 1.165) is 25.7 Å². The summed E-state index contributed by atoms with van der Waals surface area (Å²) in [5, 5.41) is 0. The van der Waals surface area contributed by atoms with Gasteiger partial charge in [-0.05, 0) is 12.8 Å². The number of rotatable bonds is 7. The van der Waals surface area contributed by atoms with Gasteiger partial charge in [-0.1, -0.05) is 40.0 Å². The topological polar surface area (TPSA) is 26.3 Å². The predicted molar refractivity (Wildman–Crippen MR) is 54.6 cm³/mol. The van der Waals surface area contributed by atoms with Crippen molar-refractivity contribution in [3.8, 4) is 0 Å². The second kappa shape index (κ2) is 8.09. The van der Waals surface area contributed by atoms with Gasteiger partial charge in [0.25, 0.3) is 0 Å². The van der Waals surface area contributed by atoms with Gasteiger partial charge in [0.2, 0.25) is 0 Å². The highest BCUT2D eigenvalue weighted by Gasteiger charge is 2.12. The molecule has 0 aromatic heterocycles. The monoisotopic (exact) mass is 186 g/mol. The van der Waals surface area contributed by atoms with Crippen molar-refractivity contribution < 1.29 is 9.53 Å². The fraction of sp³-hybridized carbons (Fsp3) is 0.909. The van der Waals surface area contributed by atoms with E-state index in [1.807, 2.05) is 6.92 Å². The molecule has 0 saturated carbocycles. The Kier molecular flexibility index (Phi) is 7.76. The minimum atomic E-state index is -0.0297. The zero-order valence-electron chi connectivity index (χ0n) is 9.14. The molecule has 0 saturated heterocycles. The van der Waals surface area contributed by atoms with Crippen LogP contribution in [0.25, 0.3) is 0 Å². The summed E-state index contributed by atoms with van der Waals surface area (Å²) in [6, 6.07) is 0. The van der Waals surface area contributed by atoms with Crippen LogP contribution in [-0.2, 0) is 9.53 Å². The molecular weight excluding hydrogens is 164 g/mol. The van der Waals surface area contributed by atoms with Crippen LogP contribution in [0.4, 0.5) is 0 Å². The summed E-state index contributed by atoms with van der Waals surface area (Å²) in [6.07, 6.45) is 5.30. The quantitative estimate of drug-likeness (QED) is 0.451. The molecule has 0 heterocycles. The summed E-state index contributed by atoms with van der Waals surface area (Å²) in [5.41, 5.74) is 0. The van der Waals surface area contributed by atoms with Gasteiger partial charge < -0.3 is 4.74 Å². The summed E-state index contributed by atoms with van der Waals surface area (Å²) < 4.78 is 5.12. The Bertz CT molecular complexity index is 132. The number of hydrogen-bond acceptors (Lipinski definition) is 2. The molecule has 0 aromatic rings. The lowest BCUT2D eigenvalue weighted by Crippen LogP contribution is -2.15. The van der Waals surface area contributed by atoms with E-state index in [-0.39, 0.29) is 11.9 Å². The van der Waals surface area contributed by atoms with E-state index in [1.54, 1.807) is 0 Å². The molecule has 0 radical (unpaired) electrons. The first-order valence-electron chi connectivity index (χ1n) is 5.39. The van der Waals surface area contributed by atoms with Gasteiger partial charge in [0.05, 0.1) is 12.5 Å². The van der Waals surface area contributed by atoms with Crippen LogP contribution < -0.4 is 0 Å². The Balaban J connectivity index is 3.38. The number of hydrogen-bond donors (Lipinski definition) is 0. The van der Waals surface area contributed by atoms with E-state index in [0.29, 0.717) is 6.61 Å². The van der Waals surface area contributed by atoms with Crippen LogP contribution in [0.3, 0.4) is 0 Å². The van der Waals surface area contributed by atoms with E-state index in [4.69, 9.17) is 4.74 Å². The van der Waals surface area contributed by atoms with Crippen LogP contribution >= 0.6 is 0 Å². The predicted octanol–water partition coefficient (Wildman–Crippen LogP) is 3.16. The van der Waals surface area contributed by atoms with Crippen molar-refractivity contribution in [1.29, 1.82) is 0 Å². The maximum Gasteiger partial charge on any atom is 0.308 e. The second-order valence-corrected chi connectivity index (χ2v) is 3.56. The molecule has 0 N–H and O–H groups in total. The fourth-order valence-electron chi connectivity index (χ4n) is 1.22. The molecule has 13 heavy (non-hydrogen) atoms. The zero-order valence-corrected chi connectivity index (χ0v) is 9.14. The van der Waals surface area contributed by atoms with Crippen LogP contribution in [-0.4, -0.2) is 12.6 Å². The number of carbonyl (C=O) groups is 1. The molecule has 78 valence electrons. The van der Waals surface area contributed by atoms with Gasteiger partial charge in [-0.2, -0.15) is 0 Å². The molecule has 0 unspecified atom stereocenters. The first-order chi connectivity index (χ1) is 6.22. The molecule has 0 fully saturated rings. The van der Waals surface area contributed by atoms with E-state index in [2.05, 4.69) is 13.8 Å². The van der Waals surface area contributed by atoms with Crippen molar-refractivity contribution in [2.75, 3.05) is 6.61 Å². The molecule has 0 aliphatic carbocycles. The van der Waals surface area contributed by atoms with Gasteiger partial charge >= 0.3 is 5.97 Å². The SMILES string of the molecule is CCCCCOC(=O)[C@H](C)CCC. The fourth-order valence-corrected chi connectivity index (χ4v) is 1.22. The number of ether oxygens (including phenoxy) is 1. The summed E-state index contributed by atoms with van der Waals surface area (Å²) in [7, 11) is 0. The number of unbranched alkanes of at least 4 members (excludes halogenated alkanes) is 2. The lowest BCUT2D eigenvalue weighted by molar-refractivity contribution is -0.148. The molecule has 0 aromatic carbocycles. The van der Waals surface area contributed by atoms with Crippen LogP contribution in [0.1, 0.15) is 52.9 Å². The van der Waals surface area contributed by atoms with E-state index in [9.17, 15) is 4.79 Å². The maximum atomic E-state index is 11.3. The van der Waals surface area contributed by atoms with Gasteiger partial charge in [0.15, 0.2) is 0 Å². The van der Waals surface area contributed by atoms with Crippen molar-refractivity contribution in [3.05, 3.63) is 0 Å². The van der Waals surface area contributed by atoms with E-state index >= 15 is 0 Å². The van der Waals surface area contributed by atoms with Gasteiger partial charge in [0, 0.05) is 0 Å². The number of esters is 1. The van der Waals surface area contributed by atoms with Crippen molar-refractivity contribution in [1.82, 2.24) is 0 Å². The van der Waals surface area contributed by atoms with Gasteiger partial charge in [0.1, 0.15) is 0 Å². The third-order valence-corrected chi connectivity index (χ3v) is 2.12.